The van der Waals surface area contributed by atoms with Crippen LogP contribution in [0, 0.1) is 0 Å². The molecule has 1 aliphatic rings. The van der Waals surface area contributed by atoms with Crippen molar-refractivity contribution in [3.8, 4) is 5.75 Å². The summed E-state index contributed by atoms with van der Waals surface area (Å²) in [7, 11) is 1.64. The molecule has 1 aromatic carbocycles. The largest absolute Gasteiger partial charge is 0.497 e. The van der Waals surface area contributed by atoms with Crippen molar-refractivity contribution in [2.24, 2.45) is 0 Å². The fraction of sp³-hybridized carbons (Fsp3) is 0.333. The number of amides is 2. The lowest BCUT2D eigenvalue weighted by Gasteiger charge is -2.38. The summed E-state index contributed by atoms with van der Waals surface area (Å²) in [6, 6.07) is 12.9. The van der Waals surface area contributed by atoms with Crippen molar-refractivity contribution in [2.75, 3.05) is 20.2 Å². The molecule has 2 aromatic heterocycles. The van der Waals surface area contributed by atoms with Crippen LogP contribution in [0.15, 0.2) is 58.5 Å². The van der Waals surface area contributed by atoms with Crippen molar-refractivity contribution in [1.29, 1.82) is 0 Å². The second-order valence-electron chi connectivity index (χ2n) is 7.82. The quantitative estimate of drug-likeness (QED) is 0.573. The molecule has 0 saturated heterocycles. The van der Waals surface area contributed by atoms with Gasteiger partial charge < -0.3 is 19.0 Å². The van der Waals surface area contributed by atoms with Crippen LogP contribution in [0.4, 0.5) is 0 Å². The first-order chi connectivity index (χ1) is 15.0. The van der Waals surface area contributed by atoms with Crippen molar-refractivity contribution in [3.05, 3.63) is 75.9 Å². The molecule has 0 saturated carbocycles. The molecule has 7 heteroatoms. The Balaban J connectivity index is 1.62. The van der Waals surface area contributed by atoms with Gasteiger partial charge in [-0.3, -0.25) is 9.59 Å². The van der Waals surface area contributed by atoms with E-state index in [4.69, 9.17) is 9.15 Å². The number of nitrogens with zero attached hydrogens (tertiary/aromatic N) is 2. The molecule has 162 valence electrons. The average molecular weight is 439 g/mol. The molecule has 1 aliphatic heterocycles. The number of carbonyl (C=O) groups excluding carboxylic acids is 2. The van der Waals surface area contributed by atoms with E-state index in [-0.39, 0.29) is 36.2 Å². The van der Waals surface area contributed by atoms with Gasteiger partial charge in [0, 0.05) is 17.5 Å². The predicted octanol–water partition coefficient (Wildman–Crippen LogP) is 4.37. The van der Waals surface area contributed by atoms with E-state index in [1.807, 2.05) is 43.0 Å². The minimum Gasteiger partial charge on any atom is -0.497 e. The Morgan fingerprint density at radius 2 is 2.00 bits per heavy atom. The van der Waals surface area contributed by atoms with E-state index in [0.29, 0.717) is 6.54 Å². The lowest BCUT2D eigenvalue weighted by atomic mass is 9.93. The summed E-state index contributed by atoms with van der Waals surface area (Å²) in [5.74, 6) is 0.666. The molecule has 0 bridgehead atoms. The van der Waals surface area contributed by atoms with Crippen LogP contribution >= 0.6 is 11.3 Å². The van der Waals surface area contributed by atoms with E-state index in [0.717, 1.165) is 23.3 Å². The Hall–Kier alpha value is -3.06. The number of benzene rings is 1. The summed E-state index contributed by atoms with van der Waals surface area (Å²) < 4.78 is 10.6. The number of fused-ring (bicyclic) bond motifs is 1. The molecular formula is C24H26N2O4S. The number of methoxy groups -OCH3 is 1. The molecule has 0 N–H and O–H groups in total. The highest BCUT2D eigenvalue weighted by molar-refractivity contribution is 7.10. The molecule has 2 amide bonds. The van der Waals surface area contributed by atoms with Gasteiger partial charge in [0.25, 0.3) is 5.91 Å². The Kier molecular flexibility index (Phi) is 6.13. The number of ether oxygens (including phenoxy) is 1. The van der Waals surface area contributed by atoms with Crippen molar-refractivity contribution < 1.29 is 18.7 Å². The maximum Gasteiger partial charge on any atom is 0.290 e. The molecule has 0 fully saturated rings. The Labute approximate surface area is 186 Å². The van der Waals surface area contributed by atoms with Crippen LogP contribution in [-0.2, 0) is 11.2 Å². The zero-order valence-electron chi connectivity index (χ0n) is 17.9. The van der Waals surface area contributed by atoms with Crippen LogP contribution < -0.4 is 4.74 Å². The highest BCUT2D eigenvalue weighted by atomic mass is 32.1. The van der Waals surface area contributed by atoms with Crippen LogP contribution in [0.25, 0.3) is 0 Å². The lowest BCUT2D eigenvalue weighted by Crippen LogP contribution is -2.48. The zero-order chi connectivity index (χ0) is 22.0. The number of hydrogen-bond acceptors (Lipinski definition) is 5. The van der Waals surface area contributed by atoms with E-state index in [1.165, 1.54) is 11.1 Å². The van der Waals surface area contributed by atoms with Crippen LogP contribution in [0.2, 0.25) is 0 Å². The van der Waals surface area contributed by atoms with Crippen molar-refractivity contribution >= 4 is 23.2 Å². The van der Waals surface area contributed by atoms with Crippen molar-refractivity contribution in [2.45, 2.75) is 32.4 Å². The van der Waals surface area contributed by atoms with Crippen molar-refractivity contribution in [1.82, 2.24) is 9.80 Å². The molecule has 3 aromatic rings. The third-order valence-electron chi connectivity index (χ3n) is 5.64. The standard InChI is InChI=1S/C24H26N2O4S/c1-16(2)26(24(28)20-5-4-13-30-20)15-22(27)25-12-10-21-19(11-14-31-21)23(25)17-6-8-18(29-3)9-7-17/h4-9,11,13-14,16,23H,10,12,15H2,1-3H3. The van der Waals surface area contributed by atoms with E-state index < -0.39 is 0 Å². The van der Waals surface area contributed by atoms with E-state index in [1.54, 1.807) is 35.5 Å². The van der Waals surface area contributed by atoms with Gasteiger partial charge in [-0.2, -0.15) is 0 Å². The normalized spacial score (nSPS) is 15.6. The number of thiophene rings is 1. The lowest BCUT2D eigenvalue weighted by molar-refractivity contribution is -0.134. The van der Waals surface area contributed by atoms with Gasteiger partial charge in [-0.25, -0.2) is 0 Å². The molecule has 6 nitrogen and oxygen atoms in total. The second kappa shape index (κ2) is 8.98. The van der Waals surface area contributed by atoms with Gasteiger partial charge in [0.05, 0.1) is 19.4 Å². The number of carbonyl (C=O) groups is 2. The highest BCUT2D eigenvalue weighted by Crippen LogP contribution is 2.38. The van der Waals surface area contributed by atoms with E-state index in [2.05, 4.69) is 11.4 Å². The van der Waals surface area contributed by atoms with Gasteiger partial charge in [0.2, 0.25) is 5.91 Å². The van der Waals surface area contributed by atoms with Gasteiger partial charge in [0.1, 0.15) is 12.3 Å². The topological polar surface area (TPSA) is 63.0 Å². The maximum atomic E-state index is 13.5. The smallest absolute Gasteiger partial charge is 0.290 e. The van der Waals surface area contributed by atoms with Gasteiger partial charge in [-0.1, -0.05) is 12.1 Å². The summed E-state index contributed by atoms with van der Waals surface area (Å²) in [6.45, 7) is 4.43. The first-order valence-corrected chi connectivity index (χ1v) is 11.2. The zero-order valence-corrected chi connectivity index (χ0v) is 18.7. The minimum atomic E-state index is -0.275. The third-order valence-corrected chi connectivity index (χ3v) is 6.64. The summed E-state index contributed by atoms with van der Waals surface area (Å²) in [4.78, 5) is 31.2. The van der Waals surface area contributed by atoms with Gasteiger partial charge >= 0.3 is 0 Å². The monoisotopic (exact) mass is 438 g/mol. The van der Waals surface area contributed by atoms with Crippen LogP contribution in [0.5, 0.6) is 5.75 Å². The van der Waals surface area contributed by atoms with Crippen LogP contribution in [0.3, 0.4) is 0 Å². The molecular weight excluding hydrogens is 412 g/mol. The first-order valence-electron chi connectivity index (χ1n) is 10.3. The summed E-state index contributed by atoms with van der Waals surface area (Å²) in [5.41, 5.74) is 2.19. The summed E-state index contributed by atoms with van der Waals surface area (Å²) in [5, 5.41) is 2.08. The van der Waals surface area contributed by atoms with E-state index in [9.17, 15) is 9.59 Å². The molecule has 0 radical (unpaired) electrons. The number of furan rings is 1. The van der Waals surface area contributed by atoms with Gasteiger partial charge in [0.15, 0.2) is 5.76 Å². The van der Waals surface area contributed by atoms with Gasteiger partial charge in [-0.15, -0.1) is 11.3 Å². The number of hydrogen-bond donors (Lipinski definition) is 0. The Morgan fingerprint density at radius 1 is 1.23 bits per heavy atom. The van der Waals surface area contributed by atoms with Crippen molar-refractivity contribution in [3.63, 3.8) is 0 Å². The minimum absolute atomic E-state index is 0.00330. The number of rotatable bonds is 6. The Morgan fingerprint density at radius 3 is 2.65 bits per heavy atom. The summed E-state index contributed by atoms with van der Waals surface area (Å²) >= 11 is 1.73. The Bertz CT molecular complexity index is 1040. The molecule has 0 spiro atoms. The first kappa shape index (κ1) is 21.2. The SMILES string of the molecule is COc1ccc(C2c3ccsc3CCN2C(=O)CN(C(=O)c2ccco2)C(C)C)cc1. The second-order valence-corrected chi connectivity index (χ2v) is 8.82. The molecule has 31 heavy (non-hydrogen) atoms. The molecule has 4 rings (SSSR count). The molecule has 1 unspecified atom stereocenters. The third kappa shape index (κ3) is 4.23. The van der Waals surface area contributed by atoms with Crippen LogP contribution in [0.1, 0.15) is 46.4 Å². The maximum absolute atomic E-state index is 13.5. The van der Waals surface area contributed by atoms with E-state index >= 15 is 0 Å². The van der Waals surface area contributed by atoms with Crippen LogP contribution in [-0.4, -0.2) is 47.9 Å². The predicted molar refractivity (Wildman–Crippen MR) is 119 cm³/mol. The fourth-order valence-corrected chi connectivity index (χ4v) is 4.90. The fourth-order valence-electron chi connectivity index (χ4n) is 4.00. The molecule has 0 aliphatic carbocycles. The highest BCUT2D eigenvalue weighted by Gasteiger charge is 2.34. The molecule has 3 heterocycles. The average Bonchev–Trinajstić information content (AvgIpc) is 3.48. The van der Waals surface area contributed by atoms with Gasteiger partial charge in [-0.05, 0) is 67.1 Å². The summed E-state index contributed by atoms with van der Waals surface area (Å²) in [6.07, 6.45) is 2.29. The molecule has 1 atom stereocenters.